The average Bonchev–Trinajstić information content (AvgIpc) is 2.77. The van der Waals surface area contributed by atoms with Gasteiger partial charge in [-0.2, -0.15) is 145 Å². The Labute approximate surface area is 265 Å². The van der Waals surface area contributed by atoms with Crippen LogP contribution < -0.4 is 0 Å². The van der Waals surface area contributed by atoms with Crippen molar-refractivity contribution in [3.63, 3.8) is 0 Å². The van der Waals surface area contributed by atoms with Gasteiger partial charge in [0.1, 0.15) is 0 Å². The van der Waals surface area contributed by atoms with Crippen LogP contribution in [0.5, 0.6) is 0 Å². The van der Waals surface area contributed by atoms with Crippen LogP contribution in [0.4, 0.5) is 145 Å². The van der Waals surface area contributed by atoms with Crippen molar-refractivity contribution in [3.05, 3.63) is 0 Å². The highest BCUT2D eigenvalue weighted by Gasteiger charge is 2.98. The fourth-order valence-electron chi connectivity index (χ4n) is 3.59. The van der Waals surface area contributed by atoms with Crippen molar-refractivity contribution in [1.29, 1.82) is 0 Å². The summed E-state index contributed by atoms with van der Waals surface area (Å²) in [5.74, 6) is -28.6. The average molecular weight is 898 g/mol. The minimum atomic E-state index is -11.1. The maximum Gasteiger partial charge on any atom is 0.501 e. The highest BCUT2D eigenvalue weighted by Crippen LogP contribution is 2.66. The molecule has 0 amide bonds. The lowest BCUT2D eigenvalue weighted by Gasteiger charge is -2.52. The molecular weight excluding hydrogens is 895 g/mol. The molecule has 3 nitrogen and oxygen atoms in total. The second-order valence-corrected chi connectivity index (χ2v) is 11.8. The van der Waals surface area contributed by atoms with E-state index in [1.54, 1.807) is 0 Å². The van der Waals surface area contributed by atoms with Gasteiger partial charge >= 0.3 is 99.0 Å². The summed E-state index contributed by atoms with van der Waals surface area (Å²) in [7, 11) is -11.1. The van der Waals surface area contributed by atoms with Gasteiger partial charge in [0, 0.05) is 6.55 Å². The molecule has 0 aliphatic carbocycles. The van der Waals surface area contributed by atoms with Gasteiger partial charge in [-0.15, -0.1) is 0 Å². The van der Waals surface area contributed by atoms with E-state index in [4.69, 9.17) is 0 Å². The molecule has 0 N–H and O–H groups in total. The summed E-state index contributed by atoms with van der Waals surface area (Å²) in [5.41, 5.74) is -29.0. The zero-order chi connectivity index (χ0) is 44.1. The van der Waals surface area contributed by atoms with E-state index in [0.717, 1.165) is 0 Å². The van der Waals surface area contributed by atoms with Crippen LogP contribution in [0.15, 0.2) is 0 Å². The van der Waals surface area contributed by atoms with Gasteiger partial charge in [0.15, 0.2) is 0 Å². The van der Waals surface area contributed by atoms with E-state index in [9.17, 15) is 145 Å². The van der Waals surface area contributed by atoms with Crippen molar-refractivity contribution in [3.8, 4) is 0 Å². The standard InChI is InChI=1S/C16H3F33O3Si/c1-53(50-2(8(23,24)25,9(26,27)28)5(17,18)14(41,42)43,51-3(10(29,30)31,11(32,33)34)6(19,20)15(44,45)46)52-4(12(35,36)37,13(38,39)40)7(21,22)16(47,48)49/h1H3. The van der Waals surface area contributed by atoms with Gasteiger partial charge in [-0.1, -0.05) is 0 Å². The SMILES string of the molecule is C[Si](OC(C(F)(F)F)(C(F)(F)F)C(F)(F)C(F)(F)F)(OC(C(F)(F)F)(C(F)(F)F)C(F)(F)C(F)(F)F)OC(C(F)(F)F)(C(F)(F)F)C(F)(F)C(F)(F)F. The third kappa shape index (κ3) is 7.42. The van der Waals surface area contributed by atoms with E-state index in [1.165, 1.54) is 13.3 Å². The van der Waals surface area contributed by atoms with Crippen LogP contribution in [0.2, 0.25) is 6.55 Å². The molecule has 0 saturated heterocycles. The summed E-state index contributed by atoms with van der Waals surface area (Å²) in [5, 5.41) is 0. The first kappa shape index (κ1) is 50.8. The highest BCUT2D eigenvalue weighted by atomic mass is 28.4. The van der Waals surface area contributed by atoms with E-state index < -0.39 is 106 Å². The maximum atomic E-state index is 14.1. The molecule has 37 heteroatoms. The molecule has 0 aromatic rings. The predicted molar refractivity (Wildman–Crippen MR) is 92.4 cm³/mol. The fraction of sp³-hybridized carbons (Fsp3) is 1.00. The van der Waals surface area contributed by atoms with Crippen molar-refractivity contribution in [2.75, 3.05) is 0 Å². The van der Waals surface area contributed by atoms with Gasteiger partial charge < -0.3 is 13.3 Å². The first-order valence-electron chi connectivity index (χ1n) is 11.0. The molecule has 0 aromatic carbocycles. The Morgan fingerprint density at radius 3 is 0.415 bits per heavy atom. The predicted octanol–water partition coefficient (Wildman–Crippen LogP) is 10.8. The molecule has 0 unspecified atom stereocenters. The zero-order valence-corrected chi connectivity index (χ0v) is 23.7. The van der Waals surface area contributed by atoms with Crippen molar-refractivity contribution in [2.45, 2.75) is 96.7 Å². The molecule has 0 spiro atoms. The summed E-state index contributed by atoms with van der Waals surface area (Å²) in [4.78, 5) is 0. The van der Waals surface area contributed by atoms with E-state index in [0.29, 0.717) is 0 Å². The van der Waals surface area contributed by atoms with Crippen LogP contribution in [0.1, 0.15) is 0 Å². The lowest BCUT2D eigenvalue weighted by molar-refractivity contribution is -0.491. The third-order valence-corrected chi connectivity index (χ3v) is 7.84. The molecule has 0 atom stereocenters. The minimum absolute atomic E-state index is 1.43. The van der Waals surface area contributed by atoms with Gasteiger partial charge in [-0.05, 0) is 0 Å². The molecule has 0 aliphatic rings. The van der Waals surface area contributed by atoms with E-state index in [1.807, 2.05) is 0 Å². The van der Waals surface area contributed by atoms with Crippen LogP contribution in [0, 0.1) is 0 Å². The number of rotatable bonds is 9. The van der Waals surface area contributed by atoms with Crippen LogP contribution >= 0.6 is 0 Å². The number of halogens is 33. The van der Waals surface area contributed by atoms with Crippen molar-refractivity contribution in [1.82, 2.24) is 0 Å². The molecule has 0 heterocycles. The zero-order valence-electron chi connectivity index (χ0n) is 22.7. The maximum absolute atomic E-state index is 14.1. The molecule has 0 aliphatic heterocycles. The van der Waals surface area contributed by atoms with Gasteiger partial charge in [0.25, 0.3) is 0 Å². The summed E-state index contributed by atoms with van der Waals surface area (Å²) in [6, 6.07) is 0. The fourth-order valence-corrected chi connectivity index (χ4v) is 6.46. The summed E-state index contributed by atoms with van der Waals surface area (Å²) in [6.07, 6.45) is -82.9. The van der Waals surface area contributed by atoms with E-state index in [-0.39, 0.29) is 0 Å². The first-order valence-corrected chi connectivity index (χ1v) is 13.2. The van der Waals surface area contributed by atoms with Crippen LogP contribution in [-0.4, -0.2) is 99.0 Å². The molecule has 320 valence electrons. The quantitative estimate of drug-likeness (QED) is 0.170. The molecule has 0 fully saturated rings. The Morgan fingerprint density at radius 2 is 0.340 bits per heavy atom. The van der Waals surface area contributed by atoms with Gasteiger partial charge in [-0.25, -0.2) is 0 Å². The van der Waals surface area contributed by atoms with Crippen molar-refractivity contribution >= 4 is 8.80 Å². The second-order valence-electron chi connectivity index (χ2n) is 9.42. The lowest BCUT2D eigenvalue weighted by atomic mass is 9.93. The minimum Gasteiger partial charge on any atom is -0.346 e. The number of hydrogen-bond donors (Lipinski definition) is 0. The van der Waals surface area contributed by atoms with Gasteiger partial charge in [-0.3, -0.25) is 0 Å². The molecule has 53 heavy (non-hydrogen) atoms. The summed E-state index contributed by atoms with van der Waals surface area (Å²) in [6.45, 7) is -2.80. The van der Waals surface area contributed by atoms with Crippen LogP contribution in [0.3, 0.4) is 0 Å². The van der Waals surface area contributed by atoms with Crippen LogP contribution in [-0.2, 0) is 13.3 Å². The van der Waals surface area contributed by atoms with E-state index in [2.05, 4.69) is 0 Å². The van der Waals surface area contributed by atoms with Crippen LogP contribution in [0.25, 0.3) is 0 Å². The second kappa shape index (κ2) is 12.6. The van der Waals surface area contributed by atoms with Gasteiger partial charge in [0.2, 0.25) is 0 Å². The molecular formula is C16H3F33O3Si. The Morgan fingerprint density at radius 1 is 0.226 bits per heavy atom. The summed E-state index contributed by atoms with van der Waals surface area (Å²) >= 11 is 0. The molecule has 0 saturated carbocycles. The largest absolute Gasteiger partial charge is 0.501 e. The molecule has 0 aromatic heterocycles. The Hall–Kier alpha value is -2.21. The third-order valence-electron chi connectivity index (χ3n) is 5.81. The lowest BCUT2D eigenvalue weighted by Crippen LogP contribution is -2.83. The Bertz CT molecular complexity index is 1080. The Kier molecular flexibility index (Phi) is 12.1. The van der Waals surface area contributed by atoms with Gasteiger partial charge in [0.05, 0.1) is 0 Å². The molecule has 0 rings (SSSR count). The summed E-state index contributed by atoms with van der Waals surface area (Å²) < 4.78 is 450. The van der Waals surface area contributed by atoms with Crippen molar-refractivity contribution in [2.24, 2.45) is 0 Å². The normalized spacial score (nSPS) is 17.1. The number of hydrogen-bond acceptors (Lipinski definition) is 3. The smallest absolute Gasteiger partial charge is 0.346 e. The molecule has 0 radical (unpaired) electrons. The van der Waals surface area contributed by atoms with E-state index >= 15 is 0 Å². The highest BCUT2D eigenvalue weighted by molar-refractivity contribution is 6.59. The van der Waals surface area contributed by atoms with Crippen molar-refractivity contribution < 1.29 is 158 Å². The first-order chi connectivity index (χ1) is 22.1. The Balaban J connectivity index is 9.71. The topological polar surface area (TPSA) is 27.7 Å². The number of alkyl halides is 33. The monoisotopic (exact) mass is 898 g/mol. The molecule has 0 bridgehead atoms.